The number of halogens is 2. The van der Waals surface area contributed by atoms with E-state index in [-0.39, 0.29) is 13.0 Å². The highest BCUT2D eigenvalue weighted by atomic mass is 19.3. The van der Waals surface area contributed by atoms with Crippen LogP contribution in [0.25, 0.3) is 0 Å². The second-order valence-electron chi connectivity index (χ2n) is 4.07. The van der Waals surface area contributed by atoms with Crippen molar-refractivity contribution in [3.05, 3.63) is 17.3 Å². The maximum atomic E-state index is 13.0. The van der Waals surface area contributed by atoms with Crippen molar-refractivity contribution in [3.63, 3.8) is 0 Å². The second-order valence-corrected chi connectivity index (χ2v) is 4.07. The minimum Gasteiger partial charge on any atom is -0.349 e. The lowest BCUT2D eigenvalue weighted by atomic mass is 10.2. The molecule has 4 nitrogen and oxygen atoms in total. The molecule has 6 heteroatoms. The Morgan fingerprint density at radius 3 is 2.75 bits per heavy atom. The van der Waals surface area contributed by atoms with Gasteiger partial charge in [0.25, 0.3) is 5.92 Å². The van der Waals surface area contributed by atoms with Crippen LogP contribution in [0.15, 0.2) is 6.07 Å². The summed E-state index contributed by atoms with van der Waals surface area (Å²) in [5, 5.41) is 7.85. The first-order valence-electron chi connectivity index (χ1n) is 5.18. The van der Waals surface area contributed by atoms with Crippen LogP contribution in [-0.2, 0) is 6.54 Å². The van der Waals surface area contributed by atoms with Gasteiger partial charge in [0, 0.05) is 19.5 Å². The van der Waals surface area contributed by atoms with E-state index >= 15 is 0 Å². The predicted octanol–water partition coefficient (Wildman–Crippen LogP) is 1.09. The van der Waals surface area contributed by atoms with Crippen molar-refractivity contribution in [3.8, 4) is 0 Å². The SMILES string of the molecule is Cc1cc(CN)nnc1N1CCC(F)(F)C1. The molecule has 0 radical (unpaired) electrons. The lowest BCUT2D eigenvalue weighted by molar-refractivity contribution is 0.0256. The van der Waals surface area contributed by atoms with Gasteiger partial charge in [-0.2, -0.15) is 5.10 Å². The van der Waals surface area contributed by atoms with Crippen molar-refractivity contribution in [1.29, 1.82) is 0 Å². The van der Waals surface area contributed by atoms with Crippen LogP contribution >= 0.6 is 0 Å². The highest BCUT2D eigenvalue weighted by Gasteiger charge is 2.39. The number of anilines is 1. The summed E-state index contributed by atoms with van der Waals surface area (Å²) >= 11 is 0. The summed E-state index contributed by atoms with van der Waals surface area (Å²) in [6.07, 6.45) is -0.118. The first-order valence-corrected chi connectivity index (χ1v) is 5.18. The van der Waals surface area contributed by atoms with Gasteiger partial charge in [-0.3, -0.25) is 0 Å². The Morgan fingerprint density at radius 2 is 2.25 bits per heavy atom. The van der Waals surface area contributed by atoms with Crippen molar-refractivity contribution < 1.29 is 8.78 Å². The third kappa shape index (κ3) is 2.11. The van der Waals surface area contributed by atoms with Gasteiger partial charge in [-0.25, -0.2) is 8.78 Å². The highest BCUT2D eigenvalue weighted by molar-refractivity contribution is 5.47. The first kappa shape index (κ1) is 11.2. The Morgan fingerprint density at radius 1 is 1.50 bits per heavy atom. The summed E-state index contributed by atoms with van der Waals surface area (Å²) in [5.41, 5.74) is 6.94. The van der Waals surface area contributed by atoms with Gasteiger partial charge >= 0.3 is 0 Å². The fourth-order valence-corrected chi connectivity index (χ4v) is 1.86. The Balaban J connectivity index is 2.22. The number of aromatic nitrogens is 2. The molecule has 1 saturated heterocycles. The van der Waals surface area contributed by atoms with E-state index in [1.54, 1.807) is 11.0 Å². The molecule has 1 fully saturated rings. The van der Waals surface area contributed by atoms with Crippen molar-refractivity contribution in [2.45, 2.75) is 25.8 Å². The van der Waals surface area contributed by atoms with E-state index < -0.39 is 5.92 Å². The third-order valence-corrected chi connectivity index (χ3v) is 2.69. The van der Waals surface area contributed by atoms with Crippen LogP contribution in [0.5, 0.6) is 0 Å². The topological polar surface area (TPSA) is 55.0 Å². The van der Waals surface area contributed by atoms with E-state index in [0.29, 0.717) is 24.6 Å². The van der Waals surface area contributed by atoms with Gasteiger partial charge < -0.3 is 10.6 Å². The lowest BCUT2D eigenvalue weighted by Crippen LogP contribution is -2.26. The standard InChI is InChI=1S/C10H14F2N4/c1-7-4-8(5-13)14-15-9(7)16-3-2-10(11,12)6-16/h4H,2-3,5-6,13H2,1H3. The maximum absolute atomic E-state index is 13.0. The van der Waals surface area contributed by atoms with Crippen LogP contribution in [0.3, 0.4) is 0 Å². The van der Waals surface area contributed by atoms with Gasteiger partial charge in [0.2, 0.25) is 0 Å². The molecule has 16 heavy (non-hydrogen) atoms. The zero-order valence-corrected chi connectivity index (χ0v) is 9.08. The van der Waals surface area contributed by atoms with Crippen LogP contribution in [0.1, 0.15) is 17.7 Å². The lowest BCUT2D eigenvalue weighted by Gasteiger charge is -2.18. The number of aryl methyl sites for hydroxylation is 1. The average molecular weight is 228 g/mol. The molecule has 1 aliphatic heterocycles. The van der Waals surface area contributed by atoms with E-state index in [0.717, 1.165) is 5.56 Å². The monoisotopic (exact) mass is 228 g/mol. The van der Waals surface area contributed by atoms with Gasteiger partial charge in [0.15, 0.2) is 5.82 Å². The molecule has 1 aliphatic rings. The van der Waals surface area contributed by atoms with Gasteiger partial charge in [-0.1, -0.05) is 0 Å². The molecule has 2 heterocycles. The molecule has 1 aromatic rings. The molecule has 0 unspecified atom stereocenters. The van der Waals surface area contributed by atoms with Crippen LogP contribution in [0, 0.1) is 6.92 Å². The largest absolute Gasteiger partial charge is 0.349 e. The fourth-order valence-electron chi connectivity index (χ4n) is 1.86. The molecular weight excluding hydrogens is 214 g/mol. The molecule has 0 spiro atoms. The quantitative estimate of drug-likeness (QED) is 0.823. The number of alkyl halides is 2. The van der Waals surface area contributed by atoms with E-state index in [1.807, 2.05) is 6.92 Å². The number of hydrogen-bond acceptors (Lipinski definition) is 4. The minimum absolute atomic E-state index is 0.118. The summed E-state index contributed by atoms with van der Waals surface area (Å²) in [5.74, 6) is -2.07. The predicted molar refractivity (Wildman–Crippen MR) is 56.4 cm³/mol. The van der Waals surface area contributed by atoms with Gasteiger partial charge in [0.1, 0.15) is 0 Å². The molecule has 0 atom stereocenters. The molecule has 0 amide bonds. The molecular formula is C10H14F2N4. The Bertz CT molecular complexity index is 394. The van der Waals surface area contributed by atoms with E-state index in [2.05, 4.69) is 10.2 Å². The number of nitrogens with two attached hydrogens (primary N) is 1. The molecule has 88 valence electrons. The van der Waals surface area contributed by atoms with E-state index in [4.69, 9.17) is 5.73 Å². The van der Waals surface area contributed by atoms with Crippen LogP contribution in [-0.4, -0.2) is 29.2 Å². The zero-order chi connectivity index (χ0) is 11.8. The van der Waals surface area contributed by atoms with Crippen LogP contribution in [0.2, 0.25) is 0 Å². The minimum atomic E-state index is -2.61. The molecule has 2 N–H and O–H groups in total. The number of nitrogens with zero attached hydrogens (tertiary/aromatic N) is 3. The number of hydrogen-bond donors (Lipinski definition) is 1. The third-order valence-electron chi connectivity index (χ3n) is 2.69. The van der Waals surface area contributed by atoms with Crippen molar-refractivity contribution in [1.82, 2.24) is 10.2 Å². The van der Waals surface area contributed by atoms with Crippen molar-refractivity contribution in [2.24, 2.45) is 5.73 Å². The van der Waals surface area contributed by atoms with E-state index in [1.165, 1.54) is 0 Å². The normalized spacial score (nSPS) is 19.1. The molecule has 0 saturated carbocycles. The van der Waals surface area contributed by atoms with Crippen LogP contribution < -0.4 is 10.6 Å². The summed E-state index contributed by atoms with van der Waals surface area (Å²) in [7, 11) is 0. The number of rotatable bonds is 2. The summed E-state index contributed by atoms with van der Waals surface area (Å²) in [6, 6.07) is 1.79. The van der Waals surface area contributed by atoms with Crippen molar-refractivity contribution in [2.75, 3.05) is 18.0 Å². The fraction of sp³-hybridized carbons (Fsp3) is 0.600. The molecule has 0 bridgehead atoms. The zero-order valence-electron chi connectivity index (χ0n) is 9.08. The van der Waals surface area contributed by atoms with Gasteiger partial charge in [-0.05, 0) is 18.6 Å². The molecule has 2 rings (SSSR count). The van der Waals surface area contributed by atoms with Crippen LogP contribution in [0.4, 0.5) is 14.6 Å². The Labute approximate surface area is 92.5 Å². The van der Waals surface area contributed by atoms with Crippen molar-refractivity contribution >= 4 is 5.82 Å². The second kappa shape index (κ2) is 3.93. The molecule has 0 aromatic carbocycles. The maximum Gasteiger partial charge on any atom is 0.266 e. The molecule has 1 aromatic heterocycles. The Kier molecular flexibility index (Phi) is 2.75. The smallest absolute Gasteiger partial charge is 0.266 e. The first-order chi connectivity index (χ1) is 7.52. The molecule has 0 aliphatic carbocycles. The summed E-state index contributed by atoms with van der Waals surface area (Å²) in [4.78, 5) is 1.57. The summed E-state index contributed by atoms with van der Waals surface area (Å²) < 4.78 is 26.1. The Hall–Kier alpha value is -1.30. The van der Waals surface area contributed by atoms with Gasteiger partial charge in [-0.15, -0.1) is 5.10 Å². The highest BCUT2D eigenvalue weighted by Crippen LogP contribution is 2.30. The average Bonchev–Trinajstić information content (AvgIpc) is 2.58. The van der Waals surface area contributed by atoms with Gasteiger partial charge in [0.05, 0.1) is 12.2 Å². The summed E-state index contributed by atoms with van der Waals surface area (Å²) in [6.45, 7) is 2.19. The van der Waals surface area contributed by atoms with E-state index in [9.17, 15) is 8.78 Å².